The van der Waals surface area contributed by atoms with Gasteiger partial charge in [-0.15, -0.1) is 0 Å². The molecule has 114 valence electrons. The summed E-state index contributed by atoms with van der Waals surface area (Å²) in [6.45, 7) is 0.614. The molecule has 2 aromatic rings. The standard InChI is InChI=1S/C18H18O4/c1-20-17-8-13-7-14(16(13)9-18(17)21-2)11-22-15-5-3-12(10-19)4-6-15/h3-6,8-10,14H,7,11H2,1-2H3. The van der Waals surface area contributed by atoms with Crippen LogP contribution in [0, 0.1) is 0 Å². The third kappa shape index (κ3) is 2.64. The quantitative estimate of drug-likeness (QED) is 0.768. The Morgan fingerprint density at radius 1 is 1.09 bits per heavy atom. The van der Waals surface area contributed by atoms with Crippen molar-refractivity contribution in [3.63, 3.8) is 0 Å². The number of benzene rings is 2. The SMILES string of the molecule is COc1cc2c(cc1OC)C(COc1ccc(C=O)cc1)C2. The maximum atomic E-state index is 10.6. The molecule has 0 saturated heterocycles. The van der Waals surface area contributed by atoms with Crippen molar-refractivity contribution in [2.45, 2.75) is 12.3 Å². The lowest BCUT2D eigenvalue weighted by atomic mass is 9.78. The van der Waals surface area contributed by atoms with Gasteiger partial charge in [0.25, 0.3) is 0 Å². The fraction of sp³-hybridized carbons (Fsp3) is 0.278. The second kappa shape index (κ2) is 6.10. The predicted octanol–water partition coefficient (Wildman–Crippen LogP) is 3.24. The summed E-state index contributed by atoms with van der Waals surface area (Å²) < 4.78 is 16.5. The molecule has 0 radical (unpaired) electrons. The van der Waals surface area contributed by atoms with Gasteiger partial charge in [-0.1, -0.05) is 0 Å². The summed E-state index contributed by atoms with van der Waals surface area (Å²) in [5.41, 5.74) is 3.18. The smallest absolute Gasteiger partial charge is 0.161 e. The van der Waals surface area contributed by atoms with E-state index in [4.69, 9.17) is 14.2 Å². The molecule has 2 aromatic carbocycles. The minimum absolute atomic E-state index is 0.362. The monoisotopic (exact) mass is 298 g/mol. The van der Waals surface area contributed by atoms with E-state index < -0.39 is 0 Å². The Kier molecular flexibility index (Phi) is 4.00. The van der Waals surface area contributed by atoms with Crippen molar-refractivity contribution in [2.75, 3.05) is 20.8 Å². The van der Waals surface area contributed by atoms with E-state index in [9.17, 15) is 4.79 Å². The first-order chi connectivity index (χ1) is 10.7. The molecule has 3 rings (SSSR count). The summed E-state index contributed by atoms with van der Waals surface area (Å²) in [6, 6.07) is 11.2. The van der Waals surface area contributed by atoms with Gasteiger partial charge in [-0.3, -0.25) is 4.79 Å². The molecule has 0 amide bonds. The van der Waals surface area contributed by atoms with Crippen LogP contribution in [0.4, 0.5) is 0 Å². The topological polar surface area (TPSA) is 44.8 Å². The summed E-state index contributed by atoms with van der Waals surface area (Å²) >= 11 is 0. The molecule has 0 heterocycles. The van der Waals surface area contributed by atoms with E-state index in [0.29, 0.717) is 18.1 Å². The van der Waals surface area contributed by atoms with E-state index in [0.717, 1.165) is 30.0 Å². The van der Waals surface area contributed by atoms with Crippen LogP contribution in [0.1, 0.15) is 27.4 Å². The summed E-state index contributed by atoms with van der Waals surface area (Å²) in [5.74, 6) is 2.66. The normalized spacial score (nSPS) is 15.5. The van der Waals surface area contributed by atoms with Crippen LogP contribution in [0.15, 0.2) is 36.4 Å². The summed E-state index contributed by atoms with van der Waals surface area (Å²) in [4.78, 5) is 10.6. The molecule has 4 nitrogen and oxygen atoms in total. The van der Waals surface area contributed by atoms with Crippen molar-refractivity contribution in [1.29, 1.82) is 0 Å². The Morgan fingerprint density at radius 2 is 1.77 bits per heavy atom. The average molecular weight is 298 g/mol. The zero-order valence-electron chi connectivity index (χ0n) is 12.7. The molecular formula is C18H18O4. The van der Waals surface area contributed by atoms with Gasteiger partial charge < -0.3 is 14.2 Å². The van der Waals surface area contributed by atoms with Crippen molar-refractivity contribution in [2.24, 2.45) is 0 Å². The van der Waals surface area contributed by atoms with Crippen molar-refractivity contribution in [3.8, 4) is 17.2 Å². The molecule has 1 aliphatic rings. The Morgan fingerprint density at radius 3 is 2.41 bits per heavy atom. The molecular weight excluding hydrogens is 280 g/mol. The first-order valence-electron chi connectivity index (χ1n) is 7.18. The van der Waals surface area contributed by atoms with Crippen molar-refractivity contribution < 1.29 is 19.0 Å². The molecule has 0 aliphatic heterocycles. The zero-order chi connectivity index (χ0) is 15.5. The third-order valence-corrected chi connectivity index (χ3v) is 4.02. The Labute approximate surface area is 129 Å². The molecule has 22 heavy (non-hydrogen) atoms. The second-order valence-corrected chi connectivity index (χ2v) is 5.30. The van der Waals surface area contributed by atoms with Crippen LogP contribution < -0.4 is 14.2 Å². The van der Waals surface area contributed by atoms with Crippen molar-refractivity contribution in [3.05, 3.63) is 53.1 Å². The van der Waals surface area contributed by atoms with Gasteiger partial charge in [0.05, 0.1) is 20.8 Å². The number of fused-ring (bicyclic) bond motifs is 1. The van der Waals surface area contributed by atoms with Crippen molar-refractivity contribution in [1.82, 2.24) is 0 Å². The molecule has 0 fully saturated rings. The number of carbonyl (C=O) groups excluding carboxylic acids is 1. The minimum atomic E-state index is 0.362. The van der Waals surface area contributed by atoms with Crippen LogP contribution in [0.25, 0.3) is 0 Å². The van der Waals surface area contributed by atoms with Gasteiger partial charge in [-0.05, 0) is 53.9 Å². The molecule has 0 bridgehead atoms. The zero-order valence-corrected chi connectivity index (χ0v) is 12.7. The third-order valence-electron chi connectivity index (χ3n) is 4.02. The first-order valence-corrected chi connectivity index (χ1v) is 7.18. The van der Waals surface area contributed by atoms with Gasteiger partial charge in [0.15, 0.2) is 11.5 Å². The maximum absolute atomic E-state index is 10.6. The summed E-state index contributed by atoms with van der Waals surface area (Å²) in [6.07, 6.45) is 1.80. The van der Waals surface area contributed by atoms with E-state index in [1.807, 2.05) is 24.3 Å². The molecule has 0 saturated carbocycles. The highest BCUT2D eigenvalue weighted by molar-refractivity contribution is 5.74. The summed E-state index contributed by atoms with van der Waals surface area (Å²) in [5, 5.41) is 0. The highest BCUT2D eigenvalue weighted by atomic mass is 16.5. The van der Waals surface area contributed by atoms with Crippen LogP contribution in [-0.4, -0.2) is 27.1 Å². The number of methoxy groups -OCH3 is 2. The van der Waals surface area contributed by atoms with Crippen molar-refractivity contribution >= 4 is 6.29 Å². The largest absolute Gasteiger partial charge is 0.493 e. The Hall–Kier alpha value is -2.49. The van der Waals surface area contributed by atoms with Crippen LogP contribution >= 0.6 is 0 Å². The number of carbonyl (C=O) groups is 1. The van der Waals surface area contributed by atoms with E-state index in [1.165, 1.54) is 11.1 Å². The molecule has 1 unspecified atom stereocenters. The molecule has 4 heteroatoms. The number of hydrogen-bond acceptors (Lipinski definition) is 4. The average Bonchev–Trinajstić information content (AvgIpc) is 2.56. The van der Waals surface area contributed by atoms with Crippen LogP contribution in [0.2, 0.25) is 0 Å². The molecule has 0 N–H and O–H groups in total. The lowest BCUT2D eigenvalue weighted by Gasteiger charge is -2.31. The Balaban J connectivity index is 1.67. The number of hydrogen-bond donors (Lipinski definition) is 0. The molecule has 0 aromatic heterocycles. The lowest BCUT2D eigenvalue weighted by Crippen LogP contribution is -2.23. The van der Waals surface area contributed by atoms with Gasteiger partial charge in [0.1, 0.15) is 12.0 Å². The molecule has 0 spiro atoms. The van der Waals surface area contributed by atoms with Gasteiger partial charge in [-0.2, -0.15) is 0 Å². The lowest BCUT2D eigenvalue weighted by molar-refractivity contribution is 0.112. The first kappa shape index (κ1) is 14.4. The van der Waals surface area contributed by atoms with E-state index in [2.05, 4.69) is 0 Å². The summed E-state index contributed by atoms with van der Waals surface area (Å²) in [7, 11) is 3.29. The van der Waals surface area contributed by atoms with Crippen LogP contribution in [0.5, 0.6) is 17.2 Å². The minimum Gasteiger partial charge on any atom is -0.493 e. The number of rotatable bonds is 6. The van der Waals surface area contributed by atoms with Crippen LogP contribution in [0.3, 0.4) is 0 Å². The van der Waals surface area contributed by atoms with Gasteiger partial charge >= 0.3 is 0 Å². The highest BCUT2D eigenvalue weighted by Crippen LogP contribution is 2.42. The number of aldehydes is 1. The molecule has 1 atom stereocenters. The predicted molar refractivity (Wildman–Crippen MR) is 83.3 cm³/mol. The van der Waals surface area contributed by atoms with Gasteiger partial charge in [0, 0.05) is 11.5 Å². The van der Waals surface area contributed by atoms with Gasteiger partial charge in [-0.25, -0.2) is 0 Å². The second-order valence-electron chi connectivity index (χ2n) is 5.30. The van der Waals surface area contributed by atoms with Crippen LogP contribution in [-0.2, 0) is 6.42 Å². The fourth-order valence-corrected chi connectivity index (χ4v) is 2.73. The highest BCUT2D eigenvalue weighted by Gasteiger charge is 2.29. The van der Waals surface area contributed by atoms with E-state index in [-0.39, 0.29) is 0 Å². The van der Waals surface area contributed by atoms with E-state index in [1.54, 1.807) is 26.4 Å². The van der Waals surface area contributed by atoms with E-state index >= 15 is 0 Å². The fourth-order valence-electron chi connectivity index (χ4n) is 2.73. The molecule has 1 aliphatic carbocycles. The Bertz CT molecular complexity index is 676. The maximum Gasteiger partial charge on any atom is 0.161 e. The van der Waals surface area contributed by atoms with Gasteiger partial charge in [0.2, 0.25) is 0 Å². The number of ether oxygens (including phenoxy) is 3.